The van der Waals surface area contributed by atoms with E-state index in [1.165, 1.54) is 12.3 Å². The minimum Gasteiger partial charge on any atom is -0.478 e. The first-order valence-corrected chi connectivity index (χ1v) is 7.49. The van der Waals surface area contributed by atoms with Gasteiger partial charge in [0.25, 0.3) is 0 Å². The van der Waals surface area contributed by atoms with Crippen LogP contribution in [0.1, 0.15) is 16.2 Å². The smallest absolute Gasteiger partial charge is 0.337 e. The van der Waals surface area contributed by atoms with Crippen LogP contribution in [0.4, 0.5) is 11.4 Å². The van der Waals surface area contributed by atoms with Gasteiger partial charge < -0.3 is 20.1 Å². The maximum atomic E-state index is 11.5. The van der Waals surface area contributed by atoms with Crippen LogP contribution in [0.25, 0.3) is 5.57 Å². The second-order valence-corrected chi connectivity index (χ2v) is 5.18. The zero-order valence-corrected chi connectivity index (χ0v) is 13.1. The van der Waals surface area contributed by atoms with Gasteiger partial charge in [0.05, 0.1) is 24.5 Å². The lowest BCUT2D eigenvalue weighted by molar-refractivity contribution is 0.0698. The van der Waals surface area contributed by atoms with Crippen molar-refractivity contribution in [3.8, 4) is 6.07 Å². The van der Waals surface area contributed by atoms with Gasteiger partial charge >= 0.3 is 5.97 Å². The zero-order chi connectivity index (χ0) is 17.6. The molecule has 1 fully saturated rings. The Labute approximate surface area is 142 Å². The largest absolute Gasteiger partial charge is 0.478 e. The van der Waals surface area contributed by atoms with E-state index in [0.29, 0.717) is 18.9 Å². The Morgan fingerprint density at radius 2 is 2.24 bits per heavy atom. The molecule has 0 unspecified atom stereocenters. The van der Waals surface area contributed by atoms with Crippen molar-refractivity contribution in [2.45, 2.75) is 0 Å². The molecule has 2 heterocycles. The van der Waals surface area contributed by atoms with Crippen molar-refractivity contribution < 1.29 is 14.6 Å². The summed E-state index contributed by atoms with van der Waals surface area (Å²) in [7, 11) is 0. The van der Waals surface area contributed by atoms with E-state index in [1.54, 1.807) is 12.1 Å². The number of nitrogens with zero attached hydrogens (tertiary/aromatic N) is 5. The predicted molar refractivity (Wildman–Crippen MR) is 87.8 cm³/mol. The number of morpholine rings is 1. The highest BCUT2D eigenvalue weighted by atomic mass is 16.5. The normalized spacial score (nSPS) is 14.8. The highest BCUT2D eigenvalue weighted by Gasteiger charge is 2.16. The molecule has 1 aliphatic heterocycles. The Hall–Kier alpha value is -3.45. The maximum Gasteiger partial charge on any atom is 0.337 e. The number of benzene rings is 1. The molecule has 3 N–H and O–H groups in total. The first kappa shape index (κ1) is 16.4. The number of carboxylic acids is 1. The van der Waals surface area contributed by atoms with Gasteiger partial charge in [-0.25, -0.2) is 4.79 Å². The van der Waals surface area contributed by atoms with Crippen LogP contribution in [0.5, 0.6) is 0 Å². The van der Waals surface area contributed by atoms with Gasteiger partial charge in [0.2, 0.25) is 5.82 Å². The fourth-order valence-corrected chi connectivity index (χ4v) is 2.43. The standard InChI is InChI=1S/C15H15N7O3/c16-8-10(14-18-20-21-19-14)9-17-13-7-11(1-2-12(13)15(23)24)22-3-5-25-6-4-22/h1-2,7,9,17H,3-6H2,(H,23,24)(H,18,19,20,21). The van der Waals surface area contributed by atoms with Crippen molar-refractivity contribution in [3.05, 3.63) is 35.8 Å². The average Bonchev–Trinajstić information content (AvgIpc) is 3.17. The number of allylic oxidation sites excluding steroid dienone is 1. The molecule has 3 rings (SSSR count). The van der Waals surface area contributed by atoms with Crippen molar-refractivity contribution in [1.82, 2.24) is 20.6 Å². The van der Waals surface area contributed by atoms with Gasteiger partial charge in [0, 0.05) is 25.0 Å². The van der Waals surface area contributed by atoms with Crippen molar-refractivity contribution in [1.29, 1.82) is 5.26 Å². The fraction of sp³-hybridized carbons (Fsp3) is 0.267. The number of carboxylic acid groups (broad SMARTS) is 1. The Balaban J connectivity index is 1.89. The number of hydrogen-bond acceptors (Lipinski definition) is 8. The average molecular weight is 341 g/mol. The maximum absolute atomic E-state index is 11.5. The monoisotopic (exact) mass is 341 g/mol. The molecule has 1 saturated heterocycles. The van der Waals surface area contributed by atoms with Crippen LogP contribution in [-0.2, 0) is 4.74 Å². The summed E-state index contributed by atoms with van der Waals surface area (Å²) in [6.07, 6.45) is 1.36. The van der Waals surface area contributed by atoms with Crippen molar-refractivity contribution in [2.24, 2.45) is 0 Å². The SMILES string of the molecule is N#CC(=CNc1cc(N2CCOCC2)ccc1C(=O)O)c1nn[nH]n1. The highest BCUT2D eigenvalue weighted by Crippen LogP contribution is 2.25. The number of tetrazole rings is 1. The minimum absolute atomic E-state index is 0.0960. The van der Waals surface area contributed by atoms with E-state index in [2.05, 4.69) is 30.8 Å². The molecule has 0 radical (unpaired) electrons. The molecule has 0 saturated carbocycles. The Kier molecular flexibility index (Phi) is 4.87. The number of H-pyrrole nitrogens is 1. The van der Waals surface area contributed by atoms with E-state index >= 15 is 0 Å². The van der Waals surface area contributed by atoms with Gasteiger partial charge in [0.1, 0.15) is 11.6 Å². The molecule has 128 valence electrons. The van der Waals surface area contributed by atoms with Gasteiger partial charge in [-0.05, 0) is 23.4 Å². The Bertz CT molecular complexity index is 820. The van der Waals surface area contributed by atoms with Crippen LogP contribution in [-0.4, -0.2) is 58.0 Å². The summed E-state index contributed by atoms with van der Waals surface area (Å²) in [6, 6.07) is 6.96. The zero-order valence-electron chi connectivity index (χ0n) is 13.1. The summed E-state index contributed by atoms with van der Waals surface area (Å²) < 4.78 is 5.33. The third kappa shape index (κ3) is 3.73. The summed E-state index contributed by atoms with van der Waals surface area (Å²) in [4.78, 5) is 13.6. The third-order valence-corrected chi connectivity index (χ3v) is 3.69. The lowest BCUT2D eigenvalue weighted by Gasteiger charge is -2.29. The van der Waals surface area contributed by atoms with Crippen molar-refractivity contribution >= 4 is 22.9 Å². The number of hydrogen-bond donors (Lipinski definition) is 3. The summed E-state index contributed by atoms with van der Waals surface area (Å²) >= 11 is 0. The van der Waals surface area contributed by atoms with Crippen LogP contribution in [0, 0.1) is 11.3 Å². The molecule has 0 bridgehead atoms. The molecular formula is C15H15N7O3. The summed E-state index contributed by atoms with van der Waals surface area (Å²) in [6.45, 7) is 2.71. The topological polar surface area (TPSA) is 140 Å². The van der Waals surface area contributed by atoms with Crippen molar-refractivity contribution in [2.75, 3.05) is 36.5 Å². The molecule has 10 nitrogen and oxygen atoms in total. The quantitative estimate of drug-likeness (QED) is 0.670. The second-order valence-electron chi connectivity index (χ2n) is 5.18. The number of aromatic carboxylic acids is 1. The summed E-state index contributed by atoms with van der Waals surface area (Å²) in [5, 5.41) is 34.6. The Morgan fingerprint density at radius 3 is 2.88 bits per heavy atom. The first-order chi connectivity index (χ1) is 12.2. The first-order valence-electron chi connectivity index (χ1n) is 7.49. The molecule has 0 amide bonds. The molecule has 10 heteroatoms. The van der Waals surface area contributed by atoms with Gasteiger partial charge in [-0.15, -0.1) is 10.2 Å². The number of rotatable bonds is 5. The summed E-state index contributed by atoms with van der Waals surface area (Å²) in [5.74, 6) is -0.946. The lowest BCUT2D eigenvalue weighted by atomic mass is 10.1. The summed E-state index contributed by atoms with van der Waals surface area (Å²) in [5.41, 5.74) is 1.47. The second kappa shape index (κ2) is 7.41. The number of ether oxygens (including phenoxy) is 1. The molecule has 1 aromatic heterocycles. The van der Waals surface area contributed by atoms with Gasteiger partial charge in [-0.2, -0.15) is 10.5 Å². The predicted octanol–water partition coefficient (Wildman–Crippen LogP) is 0.711. The van der Waals surface area contributed by atoms with Gasteiger partial charge in [-0.1, -0.05) is 0 Å². The van der Waals surface area contributed by atoms with Crippen LogP contribution in [0.2, 0.25) is 0 Å². The van der Waals surface area contributed by atoms with E-state index < -0.39 is 5.97 Å². The molecule has 25 heavy (non-hydrogen) atoms. The van der Waals surface area contributed by atoms with E-state index in [9.17, 15) is 15.2 Å². The highest BCUT2D eigenvalue weighted by molar-refractivity contribution is 5.95. The van der Waals surface area contributed by atoms with E-state index in [1.807, 2.05) is 6.07 Å². The third-order valence-electron chi connectivity index (χ3n) is 3.69. The van der Waals surface area contributed by atoms with Crippen molar-refractivity contribution in [3.63, 3.8) is 0 Å². The fourth-order valence-electron chi connectivity index (χ4n) is 2.43. The molecule has 0 spiro atoms. The van der Waals surface area contributed by atoms with Crippen LogP contribution >= 0.6 is 0 Å². The van der Waals surface area contributed by atoms with E-state index in [0.717, 1.165) is 18.8 Å². The molecule has 2 aromatic rings. The van der Waals surface area contributed by atoms with Crippen LogP contribution in [0.15, 0.2) is 24.4 Å². The number of anilines is 2. The molecule has 0 atom stereocenters. The minimum atomic E-state index is -1.07. The molecular weight excluding hydrogens is 326 g/mol. The number of nitriles is 1. The Morgan fingerprint density at radius 1 is 1.44 bits per heavy atom. The van der Waals surface area contributed by atoms with Crippen LogP contribution in [0.3, 0.4) is 0 Å². The van der Waals surface area contributed by atoms with E-state index in [4.69, 9.17) is 4.74 Å². The van der Waals surface area contributed by atoms with E-state index in [-0.39, 0.29) is 17.0 Å². The molecule has 1 aromatic carbocycles. The van der Waals surface area contributed by atoms with Gasteiger partial charge in [-0.3, -0.25) is 0 Å². The van der Waals surface area contributed by atoms with Crippen LogP contribution < -0.4 is 10.2 Å². The number of carbonyl (C=O) groups is 1. The number of aromatic amines is 1. The lowest BCUT2D eigenvalue weighted by Crippen LogP contribution is -2.36. The number of nitrogens with one attached hydrogen (secondary N) is 2. The number of aromatic nitrogens is 4. The molecule has 0 aliphatic carbocycles. The molecule has 1 aliphatic rings. The van der Waals surface area contributed by atoms with Gasteiger partial charge in [0.15, 0.2) is 0 Å².